The van der Waals surface area contributed by atoms with Crippen LogP contribution in [0.3, 0.4) is 0 Å². The second-order valence-corrected chi connectivity index (χ2v) is 5.75. The van der Waals surface area contributed by atoms with Crippen LogP contribution in [-0.2, 0) is 13.1 Å². The fourth-order valence-corrected chi connectivity index (χ4v) is 2.53. The molecule has 0 saturated carbocycles. The quantitative estimate of drug-likeness (QED) is 0.377. The van der Waals surface area contributed by atoms with E-state index in [1.807, 2.05) is 31.3 Å². The van der Waals surface area contributed by atoms with Crippen molar-refractivity contribution in [2.24, 2.45) is 10.9 Å². The van der Waals surface area contributed by atoms with Crippen LogP contribution in [0.4, 0.5) is 0 Å². The molecule has 1 heterocycles. The summed E-state index contributed by atoms with van der Waals surface area (Å²) >= 11 is 3.47. The van der Waals surface area contributed by atoms with E-state index in [1.165, 1.54) is 5.56 Å². The molecule has 110 valence electrons. The molecule has 0 bridgehead atoms. The Hall–Kier alpha value is -1.92. The van der Waals surface area contributed by atoms with Gasteiger partial charge >= 0.3 is 0 Å². The normalized spacial score (nSPS) is 11.9. The first kappa shape index (κ1) is 15.5. The van der Waals surface area contributed by atoms with Gasteiger partial charge in [-0.05, 0) is 42.4 Å². The minimum Gasteiger partial charge on any atom is -0.409 e. The molecule has 0 radical (unpaired) electrons. The summed E-state index contributed by atoms with van der Waals surface area (Å²) in [5.41, 5.74) is 8.32. The van der Waals surface area contributed by atoms with E-state index in [-0.39, 0.29) is 5.84 Å². The third-order valence-corrected chi connectivity index (χ3v) is 3.48. The third-order valence-electron chi connectivity index (χ3n) is 2.99. The van der Waals surface area contributed by atoms with Gasteiger partial charge in [-0.3, -0.25) is 9.88 Å². The van der Waals surface area contributed by atoms with E-state index in [0.717, 1.165) is 23.1 Å². The van der Waals surface area contributed by atoms with E-state index in [0.29, 0.717) is 5.69 Å². The van der Waals surface area contributed by atoms with Gasteiger partial charge in [0.1, 0.15) is 5.69 Å². The zero-order chi connectivity index (χ0) is 15.2. The summed E-state index contributed by atoms with van der Waals surface area (Å²) in [4.78, 5) is 6.26. The van der Waals surface area contributed by atoms with Crippen molar-refractivity contribution in [2.45, 2.75) is 13.1 Å². The van der Waals surface area contributed by atoms with Crippen molar-refractivity contribution in [3.05, 3.63) is 63.9 Å². The smallest absolute Gasteiger partial charge is 0.188 e. The van der Waals surface area contributed by atoms with Crippen molar-refractivity contribution in [3.8, 4) is 0 Å². The molecular formula is C15H17BrN4O. The summed E-state index contributed by atoms with van der Waals surface area (Å²) in [6.45, 7) is 1.58. The molecule has 0 amide bonds. The molecule has 2 rings (SSSR count). The molecule has 0 saturated heterocycles. The lowest BCUT2D eigenvalue weighted by atomic mass is 10.2. The van der Waals surface area contributed by atoms with Gasteiger partial charge in [0.05, 0.1) is 0 Å². The van der Waals surface area contributed by atoms with Crippen molar-refractivity contribution in [1.29, 1.82) is 0 Å². The van der Waals surface area contributed by atoms with Crippen molar-refractivity contribution in [3.63, 3.8) is 0 Å². The van der Waals surface area contributed by atoms with Gasteiger partial charge in [-0.1, -0.05) is 33.2 Å². The summed E-state index contributed by atoms with van der Waals surface area (Å²) in [6, 6.07) is 12.0. The molecular weight excluding hydrogens is 332 g/mol. The second-order valence-electron chi connectivity index (χ2n) is 4.84. The molecule has 0 fully saturated rings. The summed E-state index contributed by atoms with van der Waals surface area (Å²) in [5, 5.41) is 11.7. The number of amidine groups is 1. The van der Waals surface area contributed by atoms with Gasteiger partial charge in [0.15, 0.2) is 5.84 Å². The number of hydrogen-bond acceptors (Lipinski definition) is 4. The first-order valence-electron chi connectivity index (χ1n) is 6.44. The number of halogens is 1. The second kappa shape index (κ2) is 7.19. The monoisotopic (exact) mass is 348 g/mol. The Kier molecular flexibility index (Phi) is 5.30. The molecule has 1 aromatic carbocycles. The number of aromatic nitrogens is 1. The fourth-order valence-electron chi connectivity index (χ4n) is 2.08. The average molecular weight is 349 g/mol. The van der Waals surface area contributed by atoms with Crippen molar-refractivity contribution in [2.75, 3.05) is 7.05 Å². The molecule has 0 aliphatic heterocycles. The maximum atomic E-state index is 8.69. The van der Waals surface area contributed by atoms with Crippen molar-refractivity contribution < 1.29 is 5.21 Å². The Morgan fingerprint density at radius 2 is 2.00 bits per heavy atom. The lowest BCUT2D eigenvalue weighted by molar-refractivity contribution is 0.317. The maximum Gasteiger partial charge on any atom is 0.188 e. The predicted molar refractivity (Wildman–Crippen MR) is 86.1 cm³/mol. The number of pyridine rings is 1. The van der Waals surface area contributed by atoms with Gasteiger partial charge in [0, 0.05) is 23.8 Å². The predicted octanol–water partition coefficient (Wildman–Crippen LogP) is 2.57. The van der Waals surface area contributed by atoms with Crippen LogP contribution in [0.2, 0.25) is 0 Å². The zero-order valence-corrected chi connectivity index (χ0v) is 13.3. The largest absolute Gasteiger partial charge is 0.409 e. The van der Waals surface area contributed by atoms with Crippen LogP contribution in [0.1, 0.15) is 16.8 Å². The highest BCUT2D eigenvalue weighted by Gasteiger charge is 2.06. The van der Waals surface area contributed by atoms with E-state index >= 15 is 0 Å². The molecule has 0 aliphatic carbocycles. The molecule has 0 atom stereocenters. The van der Waals surface area contributed by atoms with Gasteiger partial charge < -0.3 is 10.9 Å². The third kappa shape index (κ3) is 4.54. The minimum atomic E-state index is 0.0199. The van der Waals surface area contributed by atoms with Crippen molar-refractivity contribution >= 4 is 21.8 Å². The van der Waals surface area contributed by atoms with Crippen LogP contribution >= 0.6 is 15.9 Å². The molecule has 0 spiro atoms. The Balaban J connectivity index is 2.04. The molecule has 0 unspecified atom stereocenters. The van der Waals surface area contributed by atoms with Crippen LogP contribution in [0.5, 0.6) is 0 Å². The minimum absolute atomic E-state index is 0.0199. The van der Waals surface area contributed by atoms with Gasteiger partial charge in [-0.15, -0.1) is 0 Å². The van der Waals surface area contributed by atoms with E-state index in [2.05, 4.69) is 43.1 Å². The summed E-state index contributed by atoms with van der Waals surface area (Å²) in [5.74, 6) is 0.0199. The Bertz CT molecular complexity index is 645. The van der Waals surface area contributed by atoms with E-state index in [9.17, 15) is 0 Å². The molecule has 0 aliphatic rings. The molecule has 3 N–H and O–H groups in total. The molecule has 21 heavy (non-hydrogen) atoms. The summed E-state index contributed by atoms with van der Waals surface area (Å²) in [7, 11) is 2.05. The lowest BCUT2D eigenvalue weighted by Gasteiger charge is -2.17. The van der Waals surface area contributed by atoms with Crippen LogP contribution < -0.4 is 5.73 Å². The number of benzene rings is 1. The standard InChI is InChI=1S/C15H17BrN4O/c1-20(9-11-3-2-4-13(16)7-11)10-12-5-6-18-14(8-12)15(17)19-21/h2-8,21H,9-10H2,1H3,(H2,17,19). The topological polar surface area (TPSA) is 74.7 Å². The Morgan fingerprint density at radius 3 is 2.67 bits per heavy atom. The Labute approximate surface area is 132 Å². The summed E-state index contributed by atoms with van der Waals surface area (Å²) in [6.07, 6.45) is 1.66. The number of rotatable bonds is 5. The van der Waals surface area contributed by atoms with Gasteiger partial charge in [0.2, 0.25) is 0 Å². The average Bonchev–Trinajstić information content (AvgIpc) is 2.46. The SMILES string of the molecule is CN(Cc1cccc(Br)c1)Cc1ccnc(C(N)=NO)c1. The molecule has 6 heteroatoms. The zero-order valence-electron chi connectivity index (χ0n) is 11.7. The molecule has 1 aromatic heterocycles. The van der Waals surface area contributed by atoms with E-state index < -0.39 is 0 Å². The van der Waals surface area contributed by atoms with Crippen LogP contribution in [0.25, 0.3) is 0 Å². The first-order chi connectivity index (χ1) is 10.1. The van der Waals surface area contributed by atoms with Crippen LogP contribution in [0.15, 0.2) is 52.2 Å². The Morgan fingerprint density at radius 1 is 1.29 bits per heavy atom. The van der Waals surface area contributed by atoms with Crippen LogP contribution in [-0.4, -0.2) is 28.0 Å². The highest BCUT2D eigenvalue weighted by atomic mass is 79.9. The summed E-state index contributed by atoms with van der Waals surface area (Å²) < 4.78 is 1.08. The maximum absolute atomic E-state index is 8.69. The van der Waals surface area contributed by atoms with Crippen LogP contribution in [0, 0.1) is 0 Å². The molecule has 2 aromatic rings. The fraction of sp³-hybridized carbons (Fsp3) is 0.200. The highest BCUT2D eigenvalue weighted by molar-refractivity contribution is 9.10. The van der Waals surface area contributed by atoms with E-state index in [4.69, 9.17) is 10.9 Å². The van der Waals surface area contributed by atoms with Crippen molar-refractivity contribution in [1.82, 2.24) is 9.88 Å². The van der Waals surface area contributed by atoms with E-state index in [1.54, 1.807) is 6.20 Å². The van der Waals surface area contributed by atoms with Gasteiger partial charge in [-0.2, -0.15) is 0 Å². The van der Waals surface area contributed by atoms with Gasteiger partial charge in [-0.25, -0.2) is 0 Å². The number of oxime groups is 1. The first-order valence-corrected chi connectivity index (χ1v) is 7.23. The lowest BCUT2D eigenvalue weighted by Crippen LogP contribution is -2.19. The number of hydrogen-bond donors (Lipinski definition) is 2. The number of nitrogens with two attached hydrogens (primary N) is 1. The molecule has 5 nitrogen and oxygen atoms in total. The number of nitrogens with zero attached hydrogens (tertiary/aromatic N) is 3. The highest BCUT2D eigenvalue weighted by Crippen LogP contribution is 2.14. The van der Waals surface area contributed by atoms with Gasteiger partial charge in [0.25, 0.3) is 0 Å².